The van der Waals surface area contributed by atoms with Crippen molar-refractivity contribution in [2.75, 3.05) is 24.6 Å². The van der Waals surface area contributed by atoms with Crippen molar-refractivity contribution in [1.82, 2.24) is 4.90 Å². The third kappa shape index (κ3) is 3.06. The molecule has 2 aromatic rings. The number of nitrogens with zero attached hydrogens (tertiary/aromatic N) is 3. The van der Waals surface area contributed by atoms with Gasteiger partial charge in [0, 0.05) is 0 Å². The number of para-hydroxylation sites is 1. The van der Waals surface area contributed by atoms with Gasteiger partial charge in [-0.15, -0.1) is 0 Å². The van der Waals surface area contributed by atoms with E-state index >= 15 is 0 Å². The minimum Gasteiger partial charge on any atom is -0.497 e. The lowest BCUT2D eigenvalue weighted by Gasteiger charge is -2.34. The number of methoxy groups -OCH3 is 1. The maximum Gasteiger partial charge on any atom is 0.280 e. The van der Waals surface area contributed by atoms with E-state index in [0.29, 0.717) is 22.4 Å². The minimum absolute atomic E-state index is 0.177. The molecule has 2 heterocycles. The number of aliphatic imine (C=N–C) groups is 1. The Morgan fingerprint density at radius 2 is 1.96 bits per heavy atom. The van der Waals surface area contributed by atoms with Crippen molar-refractivity contribution in [2.45, 2.75) is 0 Å². The van der Waals surface area contributed by atoms with Crippen molar-refractivity contribution >= 4 is 34.6 Å². The SMILES string of the molecule is COc1ccc(/C=C2\N=C3SCN(c4ccccc4F)CN3C2=O)cc1. The average Bonchev–Trinajstić information content (AvgIpc) is 2.98. The highest BCUT2D eigenvalue weighted by molar-refractivity contribution is 8.14. The summed E-state index contributed by atoms with van der Waals surface area (Å²) in [7, 11) is 1.61. The lowest BCUT2D eigenvalue weighted by Crippen LogP contribution is -2.46. The van der Waals surface area contributed by atoms with Crippen LogP contribution in [0, 0.1) is 5.82 Å². The number of amidine groups is 1. The number of hydrogen-bond acceptors (Lipinski definition) is 5. The molecule has 5 nitrogen and oxygen atoms in total. The summed E-state index contributed by atoms with van der Waals surface area (Å²) in [5.74, 6) is 0.822. The van der Waals surface area contributed by atoms with Crippen LogP contribution in [0.25, 0.3) is 6.08 Å². The molecule has 2 aliphatic heterocycles. The van der Waals surface area contributed by atoms with Crippen LogP contribution in [0.1, 0.15) is 5.56 Å². The summed E-state index contributed by atoms with van der Waals surface area (Å²) in [6.45, 7) is 0.283. The molecular weight excluding hydrogens is 353 g/mol. The Balaban J connectivity index is 1.55. The second-order valence-electron chi connectivity index (χ2n) is 5.84. The lowest BCUT2D eigenvalue weighted by molar-refractivity contribution is -0.122. The van der Waals surface area contributed by atoms with Gasteiger partial charge in [0.15, 0.2) is 5.17 Å². The maximum atomic E-state index is 14.0. The Kier molecular flexibility index (Phi) is 4.38. The van der Waals surface area contributed by atoms with Gasteiger partial charge in [-0.05, 0) is 35.9 Å². The Bertz CT molecular complexity index is 911. The van der Waals surface area contributed by atoms with Crippen molar-refractivity contribution in [3.63, 3.8) is 0 Å². The van der Waals surface area contributed by atoms with Gasteiger partial charge in [0.25, 0.3) is 5.91 Å². The molecule has 2 aliphatic rings. The van der Waals surface area contributed by atoms with Gasteiger partial charge in [-0.2, -0.15) is 0 Å². The summed E-state index contributed by atoms with van der Waals surface area (Å²) in [4.78, 5) is 20.6. The molecule has 1 saturated heterocycles. The highest BCUT2D eigenvalue weighted by Gasteiger charge is 2.35. The van der Waals surface area contributed by atoms with Crippen molar-refractivity contribution in [1.29, 1.82) is 0 Å². The number of amides is 1. The monoisotopic (exact) mass is 369 g/mol. The van der Waals surface area contributed by atoms with E-state index in [1.807, 2.05) is 29.2 Å². The molecule has 7 heteroatoms. The first-order valence-electron chi connectivity index (χ1n) is 8.04. The number of carbonyl (C=O) groups is 1. The first kappa shape index (κ1) is 16.7. The van der Waals surface area contributed by atoms with Crippen LogP contribution in [-0.4, -0.2) is 35.6 Å². The van der Waals surface area contributed by atoms with E-state index in [9.17, 15) is 9.18 Å². The van der Waals surface area contributed by atoms with Crippen LogP contribution in [0.4, 0.5) is 10.1 Å². The fraction of sp³-hybridized carbons (Fsp3) is 0.158. The molecule has 0 bridgehead atoms. The van der Waals surface area contributed by atoms with Gasteiger partial charge < -0.3 is 9.64 Å². The molecule has 0 spiro atoms. The Labute approximate surface area is 154 Å². The predicted molar refractivity (Wildman–Crippen MR) is 101 cm³/mol. The van der Waals surface area contributed by atoms with E-state index in [4.69, 9.17) is 4.74 Å². The number of fused-ring (bicyclic) bond motifs is 1. The predicted octanol–water partition coefficient (Wildman–Crippen LogP) is 3.54. The van der Waals surface area contributed by atoms with Crippen molar-refractivity contribution in [2.24, 2.45) is 4.99 Å². The zero-order valence-corrected chi connectivity index (χ0v) is 14.9. The van der Waals surface area contributed by atoms with Crippen LogP contribution in [0.15, 0.2) is 59.2 Å². The summed E-state index contributed by atoms with van der Waals surface area (Å²) in [6.07, 6.45) is 1.75. The summed E-state index contributed by atoms with van der Waals surface area (Å²) in [5.41, 5.74) is 1.74. The molecule has 2 aromatic carbocycles. The van der Waals surface area contributed by atoms with Crippen LogP contribution < -0.4 is 9.64 Å². The molecule has 26 heavy (non-hydrogen) atoms. The molecule has 1 fully saturated rings. The number of hydrogen-bond donors (Lipinski definition) is 0. The molecule has 0 atom stereocenters. The van der Waals surface area contributed by atoms with Gasteiger partial charge in [-0.1, -0.05) is 36.0 Å². The zero-order valence-electron chi connectivity index (χ0n) is 14.1. The van der Waals surface area contributed by atoms with E-state index in [1.54, 1.807) is 36.3 Å². The summed E-state index contributed by atoms with van der Waals surface area (Å²) in [5, 5.41) is 0.655. The topological polar surface area (TPSA) is 45.1 Å². The fourth-order valence-electron chi connectivity index (χ4n) is 2.82. The van der Waals surface area contributed by atoms with Gasteiger partial charge in [0.05, 0.1) is 18.7 Å². The number of anilines is 1. The fourth-order valence-corrected chi connectivity index (χ4v) is 3.78. The molecule has 0 N–H and O–H groups in total. The van der Waals surface area contributed by atoms with Crippen LogP contribution in [0.3, 0.4) is 0 Å². The third-order valence-electron chi connectivity index (χ3n) is 4.19. The maximum absolute atomic E-state index is 14.0. The zero-order chi connectivity index (χ0) is 18.1. The molecule has 0 radical (unpaired) electrons. The molecular formula is C19H16FN3O2S. The summed E-state index contributed by atoms with van der Waals surface area (Å²) < 4.78 is 19.2. The van der Waals surface area contributed by atoms with Crippen LogP contribution in [0.2, 0.25) is 0 Å². The standard InChI is InChI=1S/C19H16FN3O2S/c1-25-14-8-6-13(7-9-14)10-16-18(24)23-11-22(12-26-19(23)21-16)17-5-3-2-4-15(17)20/h2-10H,11-12H2,1H3/b16-10-. The Morgan fingerprint density at radius 3 is 2.69 bits per heavy atom. The summed E-state index contributed by atoms with van der Waals surface area (Å²) >= 11 is 1.42. The molecule has 0 aliphatic carbocycles. The number of ether oxygens (including phenoxy) is 1. The quantitative estimate of drug-likeness (QED) is 0.777. The first-order valence-corrected chi connectivity index (χ1v) is 9.03. The molecule has 132 valence electrons. The Hall–Kier alpha value is -2.80. The van der Waals surface area contributed by atoms with Crippen LogP contribution >= 0.6 is 11.8 Å². The summed E-state index contributed by atoms with van der Waals surface area (Å²) in [6, 6.07) is 14.0. The largest absolute Gasteiger partial charge is 0.497 e. The number of rotatable bonds is 3. The third-order valence-corrected chi connectivity index (χ3v) is 5.20. The lowest BCUT2D eigenvalue weighted by atomic mass is 10.2. The van der Waals surface area contributed by atoms with Crippen LogP contribution in [-0.2, 0) is 4.79 Å². The molecule has 0 aromatic heterocycles. The number of benzene rings is 2. The van der Waals surface area contributed by atoms with Gasteiger partial charge in [0.2, 0.25) is 0 Å². The van der Waals surface area contributed by atoms with E-state index in [0.717, 1.165) is 11.3 Å². The second-order valence-corrected chi connectivity index (χ2v) is 6.75. The van der Waals surface area contributed by atoms with E-state index in [1.165, 1.54) is 17.8 Å². The Morgan fingerprint density at radius 1 is 1.19 bits per heavy atom. The van der Waals surface area contributed by atoms with Crippen molar-refractivity contribution in [3.05, 3.63) is 65.6 Å². The van der Waals surface area contributed by atoms with Gasteiger partial charge in [0.1, 0.15) is 23.9 Å². The highest BCUT2D eigenvalue weighted by atomic mass is 32.2. The van der Waals surface area contributed by atoms with Crippen LogP contribution in [0.5, 0.6) is 5.75 Å². The van der Waals surface area contributed by atoms with Gasteiger partial charge >= 0.3 is 0 Å². The van der Waals surface area contributed by atoms with Gasteiger partial charge in [-0.25, -0.2) is 9.38 Å². The average molecular weight is 369 g/mol. The smallest absolute Gasteiger partial charge is 0.280 e. The number of carbonyl (C=O) groups excluding carboxylic acids is 1. The molecule has 4 rings (SSSR count). The highest BCUT2D eigenvalue weighted by Crippen LogP contribution is 2.32. The van der Waals surface area contributed by atoms with E-state index < -0.39 is 0 Å². The molecule has 0 saturated carbocycles. The molecule has 1 amide bonds. The normalized spacial score (nSPS) is 18.2. The number of halogens is 1. The second kappa shape index (κ2) is 6.84. The van der Waals surface area contributed by atoms with E-state index in [2.05, 4.69) is 4.99 Å². The minimum atomic E-state index is -0.297. The van der Waals surface area contributed by atoms with Crippen molar-refractivity contribution in [3.8, 4) is 5.75 Å². The van der Waals surface area contributed by atoms with Gasteiger partial charge in [-0.3, -0.25) is 9.69 Å². The molecule has 0 unspecified atom stereocenters. The van der Waals surface area contributed by atoms with Crippen molar-refractivity contribution < 1.29 is 13.9 Å². The first-order chi connectivity index (χ1) is 12.7. The van der Waals surface area contributed by atoms with E-state index in [-0.39, 0.29) is 18.4 Å². The number of thioether (sulfide) groups is 1.